The molecule has 6 nitrogen and oxygen atoms in total. The number of nitrogens with zero attached hydrogens (tertiary/aromatic N) is 3. The van der Waals surface area contributed by atoms with Gasteiger partial charge in [0, 0.05) is 40.8 Å². The number of aromatic amines is 1. The van der Waals surface area contributed by atoms with Gasteiger partial charge in [-0.05, 0) is 36.2 Å². The average Bonchev–Trinajstić information content (AvgIpc) is 3.33. The van der Waals surface area contributed by atoms with Gasteiger partial charge in [-0.3, -0.25) is 9.59 Å². The first-order valence-electron chi connectivity index (χ1n) is 12.1. The third-order valence-corrected chi connectivity index (χ3v) is 7.12. The van der Waals surface area contributed by atoms with Crippen molar-refractivity contribution in [2.45, 2.75) is 26.3 Å². The summed E-state index contributed by atoms with van der Waals surface area (Å²) in [4.78, 5) is 33.9. The van der Waals surface area contributed by atoms with E-state index in [2.05, 4.69) is 9.97 Å². The Morgan fingerprint density at radius 2 is 1.76 bits per heavy atom. The molecule has 6 rings (SSSR count). The summed E-state index contributed by atoms with van der Waals surface area (Å²) < 4.78 is 0. The van der Waals surface area contributed by atoms with Crippen molar-refractivity contribution < 1.29 is 4.79 Å². The Hall–Kier alpha value is -4.29. The first-order valence-corrected chi connectivity index (χ1v) is 12.4. The molecular weight excluding hydrogens is 484 g/mol. The number of amides is 1. The molecule has 1 unspecified atom stereocenters. The van der Waals surface area contributed by atoms with Crippen molar-refractivity contribution in [3.8, 4) is 11.1 Å². The number of aromatic nitrogens is 2. The number of hydrogen-bond acceptors (Lipinski definition) is 4. The lowest BCUT2D eigenvalue weighted by Crippen LogP contribution is -2.24. The molecule has 1 aliphatic heterocycles. The Balaban J connectivity index is 1.54. The Morgan fingerprint density at radius 1 is 1.00 bits per heavy atom. The number of carbonyl (C=O) groups excluding carboxylic acids is 1. The molecule has 3 heterocycles. The van der Waals surface area contributed by atoms with E-state index in [1.54, 1.807) is 0 Å². The highest BCUT2D eigenvalue weighted by Crippen LogP contribution is 2.39. The van der Waals surface area contributed by atoms with Crippen LogP contribution in [0.5, 0.6) is 0 Å². The van der Waals surface area contributed by atoms with E-state index in [1.807, 2.05) is 85.8 Å². The van der Waals surface area contributed by atoms with Gasteiger partial charge in [0.2, 0.25) is 5.91 Å². The summed E-state index contributed by atoms with van der Waals surface area (Å²) in [6, 6.07) is 25.0. The number of benzene rings is 3. The summed E-state index contributed by atoms with van der Waals surface area (Å²) in [7, 11) is 0. The van der Waals surface area contributed by atoms with Gasteiger partial charge in [-0.25, -0.2) is 9.99 Å². The van der Waals surface area contributed by atoms with Crippen LogP contribution in [0.25, 0.3) is 32.9 Å². The van der Waals surface area contributed by atoms with E-state index in [4.69, 9.17) is 16.7 Å². The molecule has 37 heavy (non-hydrogen) atoms. The first kappa shape index (κ1) is 23.1. The number of hydrogen-bond donors (Lipinski definition) is 1. The van der Waals surface area contributed by atoms with E-state index >= 15 is 0 Å². The minimum Gasteiger partial charge on any atom is -0.321 e. The van der Waals surface area contributed by atoms with Crippen LogP contribution in [-0.4, -0.2) is 26.6 Å². The minimum absolute atomic E-state index is 0.237. The number of para-hydroxylation sites is 1. The van der Waals surface area contributed by atoms with Crippen LogP contribution in [-0.2, 0) is 4.79 Å². The average molecular weight is 507 g/mol. The molecule has 5 aromatic rings. The third-order valence-electron chi connectivity index (χ3n) is 6.82. The van der Waals surface area contributed by atoms with E-state index in [0.29, 0.717) is 28.4 Å². The summed E-state index contributed by atoms with van der Waals surface area (Å²) in [5.41, 5.74) is 5.76. The standard InChI is InChI=1S/C30H23ClN4O2/c1-17-12-13-20-15-22(29(31)32-24(20)14-17)26-16-25(34-35(26)18(2)36)28-27(19-8-4-3-5-9-19)21-10-6-7-11-23(21)33-30(28)37/h3-15,26H,16H2,1-2H3,(H,33,37). The highest BCUT2D eigenvalue weighted by atomic mass is 35.5. The van der Waals surface area contributed by atoms with Crippen LogP contribution in [0.2, 0.25) is 5.15 Å². The summed E-state index contributed by atoms with van der Waals surface area (Å²) in [5, 5.41) is 8.27. The quantitative estimate of drug-likeness (QED) is 0.287. The Morgan fingerprint density at radius 3 is 2.54 bits per heavy atom. The lowest BCUT2D eigenvalue weighted by atomic mass is 9.91. The molecule has 182 valence electrons. The molecule has 2 aromatic heterocycles. The van der Waals surface area contributed by atoms with E-state index in [9.17, 15) is 9.59 Å². The van der Waals surface area contributed by atoms with Gasteiger partial charge in [0.1, 0.15) is 5.15 Å². The van der Waals surface area contributed by atoms with Gasteiger partial charge < -0.3 is 4.98 Å². The van der Waals surface area contributed by atoms with Crippen molar-refractivity contribution >= 4 is 45.0 Å². The maximum atomic E-state index is 13.5. The van der Waals surface area contributed by atoms with Gasteiger partial charge in [0.25, 0.3) is 5.56 Å². The maximum Gasteiger partial charge on any atom is 0.258 e. The molecular formula is C30H23ClN4O2. The summed E-state index contributed by atoms with van der Waals surface area (Å²) >= 11 is 6.67. The first-order chi connectivity index (χ1) is 17.9. The van der Waals surface area contributed by atoms with Crippen LogP contribution in [0, 0.1) is 6.92 Å². The van der Waals surface area contributed by atoms with Gasteiger partial charge >= 0.3 is 0 Å². The van der Waals surface area contributed by atoms with Crippen molar-refractivity contribution in [1.29, 1.82) is 0 Å². The number of carbonyl (C=O) groups is 1. The number of fused-ring (bicyclic) bond motifs is 2. The molecule has 1 amide bonds. The van der Waals surface area contributed by atoms with Crippen molar-refractivity contribution in [2.24, 2.45) is 5.10 Å². The van der Waals surface area contributed by atoms with E-state index in [0.717, 1.165) is 38.5 Å². The summed E-state index contributed by atoms with van der Waals surface area (Å²) in [5.74, 6) is -0.237. The van der Waals surface area contributed by atoms with Gasteiger partial charge in [-0.1, -0.05) is 72.3 Å². The molecule has 0 aliphatic carbocycles. The van der Waals surface area contributed by atoms with Gasteiger partial charge in [0.05, 0.1) is 22.8 Å². The second-order valence-electron chi connectivity index (χ2n) is 9.31. The normalized spacial score (nSPS) is 15.4. The molecule has 1 atom stereocenters. The third kappa shape index (κ3) is 3.99. The van der Waals surface area contributed by atoms with Crippen molar-refractivity contribution in [3.63, 3.8) is 0 Å². The molecule has 0 saturated carbocycles. The second kappa shape index (κ2) is 8.98. The number of halogens is 1. The van der Waals surface area contributed by atoms with Crippen LogP contribution in [0.3, 0.4) is 0 Å². The van der Waals surface area contributed by atoms with Crippen LogP contribution in [0.15, 0.2) is 88.8 Å². The zero-order valence-corrected chi connectivity index (χ0v) is 21.1. The number of H-pyrrole nitrogens is 1. The Labute approximate surface area is 218 Å². The van der Waals surface area contributed by atoms with Crippen LogP contribution < -0.4 is 5.56 Å². The van der Waals surface area contributed by atoms with Crippen molar-refractivity contribution in [2.75, 3.05) is 0 Å². The number of rotatable bonds is 3. The largest absolute Gasteiger partial charge is 0.321 e. The molecule has 0 saturated heterocycles. The predicted octanol–water partition coefficient (Wildman–Crippen LogP) is 6.40. The maximum absolute atomic E-state index is 13.5. The van der Waals surface area contributed by atoms with Crippen molar-refractivity contribution in [3.05, 3.63) is 111 Å². The molecule has 0 radical (unpaired) electrons. The second-order valence-corrected chi connectivity index (χ2v) is 9.67. The highest BCUT2D eigenvalue weighted by Gasteiger charge is 2.35. The minimum atomic E-state index is -0.479. The lowest BCUT2D eigenvalue weighted by molar-refractivity contribution is -0.130. The van der Waals surface area contributed by atoms with Crippen molar-refractivity contribution in [1.82, 2.24) is 15.0 Å². The summed E-state index contributed by atoms with van der Waals surface area (Å²) in [6.07, 6.45) is 0.333. The monoisotopic (exact) mass is 506 g/mol. The number of pyridine rings is 2. The Kier molecular flexibility index (Phi) is 5.61. The molecule has 7 heteroatoms. The molecule has 0 fully saturated rings. The number of hydrazone groups is 1. The zero-order valence-electron chi connectivity index (χ0n) is 20.3. The van der Waals surface area contributed by atoms with E-state index < -0.39 is 6.04 Å². The topological polar surface area (TPSA) is 78.4 Å². The number of aryl methyl sites for hydroxylation is 1. The van der Waals surface area contributed by atoms with Crippen LogP contribution >= 0.6 is 11.6 Å². The molecule has 0 spiro atoms. The molecule has 1 aliphatic rings. The predicted molar refractivity (Wildman–Crippen MR) is 148 cm³/mol. The number of nitrogens with one attached hydrogen (secondary N) is 1. The highest BCUT2D eigenvalue weighted by molar-refractivity contribution is 6.30. The summed E-state index contributed by atoms with van der Waals surface area (Å²) in [6.45, 7) is 3.47. The van der Waals surface area contributed by atoms with Crippen LogP contribution in [0.1, 0.15) is 36.1 Å². The fourth-order valence-corrected chi connectivity index (χ4v) is 5.39. The van der Waals surface area contributed by atoms with Gasteiger partial charge in [0.15, 0.2) is 0 Å². The lowest BCUT2D eigenvalue weighted by Gasteiger charge is -2.21. The molecule has 1 N–H and O–H groups in total. The zero-order chi connectivity index (χ0) is 25.7. The smallest absolute Gasteiger partial charge is 0.258 e. The Bertz CT molecular complexity index is 1790. The SMILES string of the molecule is CC(=O)N1N=C(c2c(-c3ccccc3)c3ccccc3[nH]c2=O)CC1c1cc2ccc(C)cc2nc1Cl. The van der Waals surface area contributed by atoms with Gasteiger partial charge in [-0.2, -0.15) is 5.10 Å². The van der Waals surface area contributed by atoms with Gasteiger partial charge in [-0.15, -0.1) is 0 Å². The fraction of sp³-hybridized carbons (Fsp3) is 0.133. The molecule has 3 aromatic carbocycles. The molecule has 0 bridgehead atoms. The van der Waals surface area contributed by atoms with Crippen LogP contribution in [0.4, 0.5) is 0 Å². The van der Waals surface area contributed by atoms with E-state index in [1.165, 1.54) is 11.9 Å². The fourth-order valence-electron chi connectivity index (χ4n) is 5.12. The van der Waals surface area contributed by atoms with E-state index in [-0.39, 0.29) is 11.5 Å².